The number of hydrogen-bond donors (Lipinski definition) is 2. The smallest absolute Gasteiger partial charge is 0.0457 e. The van der Waals surface area contributed by atoms with E-state index in [9.17, 15) is 0 Å². The summed E-state index contributed by atoms with van der Waals surface area (Å²) in [5.74, 6) is 0. The van der Waals surface area contributed by atoms with Gasteiger partial charge in [-0.3, -0.25) is 0 Å². The monoisotopic (exact) mass is 335 g/mol. The lowest BCUT2D eigenvalue weighted by Gasteiger charge is -2.31. The second-order valence-corrected chi connectivity index (χ2v) is 6.84. The number of aromatic nitrogens is 1. The first-order valence-electron chi connectivity index (χ1n) is 7.34. The average molecular weight is 336 g/mol. The second kappa shape index (κ2) is 5.88. The molecule has 0 unspecified atom stereocenters. The predicted octanol–water partition coefficient (Wildman–Crippen LogP) is 3.68. The molecule has 1 aliphatic heterocycles. The minimum absolute atomic E-state index is 0.370. The molecule has 1 aliphatic rings. The van der Waals surface area contributed by atoms with Crippen molar-refractivity contribution in [3.8, 4) is 0 Å². The molecule has 0 radical (unpaired) electrons. The maximum absolute atomic E-state index is 3.76. The normalized spacial score (nSPS) is 19.6. The summed E-state index contributed by atoms with van der Waals surface area (Å²) in [7, 11) is 2.20. The number of aromatic amines is 1. The zero-order valence-corrected chi connectivity index (χ0v) is 13.7. The summed E-state index contributed by atoms with van der Waals surface area (Å²) < 4.78 is 1.13. The molecule has 1 aromatic heterocycles. The number of hydrogen-bond acceptors (Lipinski definition) is 2. The van der Waals surface area contributed by atoms with Crippen molar-refractivity contribution >= 4 is 26.8 Å². The number of halogens is 1. The third-order valence-corrected chi connectivity index (χ3v) is 4.77. The molecule has 3 rings (SSSR count). The van der Waals surface area contributed by atoms with Gasteiger partial charge in [-0.1, -0.05) is 15.9 Å². The third-order valence-electron chi connectivity index (χ3n) is 4.27. The molecular formula is C16H22BrN3. The Bertz CT molecular complexity index is 584. The van der Waals surface area contributed by atoms with Crippen LogP contribution in [0.3, 0.4) is 0 Å². The summed E-state index contributed by atoms with van der Waals surface area (Å²) in [4.78, 5) is 5.93. The maximum atomic E-state index is 3.76. The van der Waals surface area contributed by atoms with Crippen LogP contribution < -0.4 is 5.32 Å². The van der Waals surface area contributed by atoms with Gasteiger partial charge in [-0.05, 0) is 64.2 Å². The van der Waals surface area contributed by atoms with Crippen LogP contribution in [0.15, 0.2) is 28.7 Å². The van der Waals surface area contributed by atoms with Gasteiger partial charge < -0.3 is 15.2 Å². The summed E-state index contributed by atoms with van der Waals surface area (Å²) in [6.45, 7) is 4.64. The molecule has 0 bridgehead atoms. The van der Waals surface area contributed by atoms with Gasteiger partial charge >= 0.3 is 0 Å². The molecule has 2 aromatic rings. The highest BCUT2D eigenvalue weighted by Gasteiger charge is 2.19. The van der Waals surface area contributed by atoms with E-state index in [4.69, 9.17) is 0 Å². The van der Waals surface area contributed by atoms with E-state index in [0.717, 1.165) is 4.47 Å². The molecule has 0 saturated carbocycles. The van der Waals surface area contributed by atoms with Crippen LogP contribution in [0.5, 0.6) is 0 Å². The molecular weight excluding hydrogens is 314 g/mol. The lowest BCUT2D eigenvalue weighted by Crippen LogP contribution is -2.41. The number of piperidine rings is 1. The van der Waals surface area contributed by atoms with Gasteiger partial charge in [0.1, 0.15) is 0 Å². The lowest BCUT2D eigenvalue weighted by atomic mass is 10.0. The third kappa shape index (κ3) is 3.08. The Labute approximate surface area is 128 Å². The van der Waals surface area contributed by atoms with Crippen LogP contribution in [0.4, 0.5) is 0 Å². The number of fused-ring (bicyclic) bond motifs is 1. The molecule has 2 heterocycles. The first-order chi connectivity index (χ1) is 9.61. The Hall–Kier alpha value is -0.840. The standard InChI is InChI=1S/C16H22BrN3/c1-11(18-14-5-7-20(2)8-6-14)16-10-12-9-13(17)3-4-15(12)19-16/h3-4,9-11,14,18-19H,5-8H2,1-2H3/t11-/m0/s1. The first-order valence-corrected chi connectivity index (χ1v) is 8.14. The van der Waals surface area contributed by atoms with Crippen molar-refractivity contribution < 1.29 is 0 Å². The quantitative estimate of drug-likeness (QED) is 0.896. The number of nitrogens with one attached hydrogen (secondary N) is 2. The lowest BCUT2D eigenvalue weighted by molar-refractivity contribution is 0.226. The molecule has 0 aliphatic carbocycles. The Balaban J connectivity index is 1.70. The maximum Gasteiger partial charge on any atom is 0.0457 e. The first kappa shape index (κ1) is 14.1. The SMILES string of the molecule is C[C@H](NC1CCN(C)CC1)c1cc2cc(Br)ccc2[nH]1. The van der Waals surface area contributed by atoms with Crippen molar-refractivity contribution in [1.29, 1.82) is 0 Å². The molecule has 4 heteroatoms. The van der Waals surface area contributed by atoms with Crippen molar-refractivity contribution in [3.05, 3.63) is 34.4 Å². The molecule has 1 atom stereocenters. The van der Waals surface area contributed by atoms with Crippen LogP contribution >= 0.6 is 15.9 Å². The minimum Gasteiger partial charge on any atom is -0.357 e. The predicted molar refractivity (Wildman–Crippen MR) is 88.1 cm³/mol. The highest BCUT2D eigenvalue weighted by atomic mass is 79.9. The Morgan fingerprint density at radius 3 is 2.80 bits per heavy atom. The number of rotatable bonds is 3. The topological polar surface area (TPSA) is 31.1 Å². The van der Waals surface area contributed by atoms with Crippen molar-refractivity contribution in [2.75, 3.05) is 20.1 Å². The van der Waals surface area contributed by atoms with Gasteiger partial charge in [0.05, 0.1) is 0 Å². The van der Waals surface area contributed by atoms with Crippen LogP contribution in [0.2, 0.25) is 0 Å². The highest BCUT2D eigenvalue weighted by Crippen LogP contribution is 2.24. The van der Waals surface area contributed by atoms with Gasteiger partial charge in [0, 0.05) is 33.2 Å². The number of benzene rings is 1. The molecule has 1 aromatic carbocycles. The largest absolute Gasteiger partial charge is 0.357 e. The minimum atomic E-state index is 0.370. The summed E-state index contributed by atoms with van der Waals surface area (Å²) in [5, 5.41) is 5.03. The molecule has 20 heavy (non-hydrogen) atoms. The van der Waals surface area contributed by atoms with E-state index in [0.29, 0.717) is 12.1 Å². The Morgan fingerprint density at radius 1 is 1.30 bits per heavy atom. The van der Waals surface area contributed by atoms with Crippen LogP contribution in [-0.4, -0.2) is 36.1 Å². The molecule has 0 spiro atoms. The van der Waals surface area contributed by atoms with E-state index < -0.39 is 0 Å². The average Bonchev–Trinajstić information content (AvgIpc) is 2.84. The van der Waals surface area contributed by atoms with Crippen molar-refractivity contribution in [3.63, 3.8) is 0 Å². The summed E-state index contributed by atoms with van der Waals surface area (Å²) in [5.41, 5.74) is 2.48. The van der Waals surface area contributed by atoms with E-state index in [1.54, 1.807) is 0 Å². The molecule has 3 nitrogen and oxygen atoms in total. The van der Waals surface area contributed by atoms with E-state index in [1.807, 2.05) is 0 Å². The van der Waals surface area contributed by atoms with Crippen LogP contribution in [0.1, 0.15) is 31.5 Å². The van der Waals surface area contributed by atoms with Crippen LogP contribution in [-0.2, 0) is 0 Å². The van der Waals surface area contributed by atoms with Crippen molar-refractivity contribution in [1.82, 2.24) is 15.2 Å². The molecule has 1 saturated heterocycles. The zero-order valence-electron chi connectivity index (χ0n) is 12.1. The van der Waals surface area contributed by atoms with Gasteiger partial charge in [-0.15, -0.1) is 0 Å². The Kier molecular flexibility index (Phi) is 4.15. The van der Waals surface area contributed by atoms with E-state index in [-0.39, 0.29) is 0 Å². The molecule has 108 valence electrons. The second-order valence-electron chi connectivity index (χ2n) is 5.92. The fourth-order valence-electron chi connectivity index (χ4n) is 2.98. The molecule has 0 amide bonds. The van der Waals surface area contributed by atoms with Gasteiger partial charge in [0.15, 0.2) is 0 Å². The number of nitrogens with zero attached hydrogens (tertiary/aromatic N) is 1. The van der Waals surface area contributed by atoms with Gasteiger partial charge in [-0.2, -0.15) is 0 Å². The van der Waals surface area contributed by atoms with Crippen molar-refractivity contribution in [2.24, 2.45) is 0 Å². The fourth-order valence-corrected chi connectivity index (χ4v) is 3.36. The van der Waals surface area contributed by atoms with Gasteiger partial charge in [0.2, 0.25) is 0 Å². The molecule has 1 fully saturated rings. The van der Waals surface area contributed by atoms with E-state index in [2.05, 4.69) is 69.4 Å². The fraction of sp³-hybridized carbons (Fsp3) is 0.500. The van der Waals surface area contributed by atoms with Crippen molar-refractivity contribution in [2.45, 2.75) is 31.8 Å². The number of likely N-dealkylation sites (tertiary alicyclic amines) is 1. The summed E-state index contributed by atoms with van der Waals surface area (Å²) >= 11 is 3.53. The number of H-pyrrole nitrogens is 1. The van der Waals surface area contributed by atoms with Gasteiger partial charge in [0.25, 0.3) is 0 Å². The van der Waals surface area contributed by atoms with E-state index >= 15 is 0 Å². The van der Waals surface area contributed by atoms with E-state index in [1.165, 1.54) is 42.5 Å². The highest BCUT2D eigenvalue weighted by molar-refractivity contribution is 9.10. The summed E-state index contributed by atoms with van der Waals surface area (Å²) in [6, 6.07) is 9.64. The van der Waals surface area contributed by atoms with Crippen LogP contribution in [0, 0.1) is 0 Å². The molecule has 2 N–H and O–H groups in total. The van der Waals surface area contributed by atoms with Crippen LogP contribution in [0.25, 0.3) is 10.9 Å². The van der Waals surface area contributed by atoms with Gasteiger partial charge in [-0.25, -0.2) is 0 Å². The zero-order chi connectivity index (χ0) is 14.1. The summed E-state index contributed by atoms with van der Waals surface area (Å²) in [6.07, 6.45) is 2.49. The Morgan fingerprint density at radius 2 is 2.05 bits per heavy atom.